The second-order valence-electron chi connectivity index (χ2n) is 5.41. The SMILES string of the molecule is CCCCc1ccc(NCc2coc3ccccc23)cc1. The quantitative estimate of drug-likeness (QED) is 0.654. The summed E-state index contributed by atoms with van der Waals surface area (Å²) in [6.45, 7) is 3.01. The predicted octanol–water partition coefficient (Wildman–Crippen LogP) is 5.39. The third-order valence-electron chi connectivity index (χ3n) is 3.82. The average molecular weight is 279 g/mol. The Morgan fingerprint density at radius 1 is 1.00 bits per heavy atom. The Hall–Kier alpha value is -2.22. The molecular weight excluding hydrogens is 258 g/mol. The molecule has 0 fully saturated rings. The van der Waals surface area contributed by atoms with E-state index in [1.54, 1.807) is 0 Å². The molecule has 0 unspecified atom stereocenters. The highest BCUT2D eigenvalue weighted by Crippen LogP contribution is 2.22. The number of nitrogens with one attached hydrogen (secondary N) is 1. The summed E-state index contributed by atoms with van der Waals surface area (Å²) in [6.07, 6.45) is 5.51. The van der Waals surface area contributed by atoms with Gasteiger partial charge in [0.2, 0.25) is 0 Å². The van der Waals surface area contributed by atoms with E-state index in [1.807, 2.05) is 24.5 Å². The lowest BCUT2D eigenvalue weighted by Gasteiger charge is -2.06. The Balaban J connectivity index is 1.64. The normalized spacial score (nSPS) is 10.9. The molecule has 0 aliphatic carbocycles. The van der Waals surface area contributed by atoms with E-state index < -0.39 is 0 Å². The van der Waals surface area contributed by atoms with Crippen LogP contribution in [0, 0.1) is 0 Å². The van der Waals surface area contributed by atoms with E-state index in [1.165, 1.54) is 35.8 Å². The number of furan rings is 1. The molecule has 3 aromatic rings. The van der Waals surface area contributed by atoms with Crippen LogP contribution in [-0.4, -0.2) is 0 Å². The summed E-state index contributed by atoms with van der Waals surface area (Å²) in [5, 5.41) is 4.65. The molecule has 0 aliphatic heterocycles. The molecule has 0 aliphatic rings. The molecule has 0 atom stereocenters. The van der Waals surface area contributed by atoms with Crippen LogP contribution in [0.2, 0.25) is 0 Å². The van der Waals surface area contributed by atoms with Gasteiger partial charge in [0.1, 0.15) is 5.58 Å². The lowest BCUT2D eigenvalue weighted by atomic mass is 10.1. The summed E-state index contributed by atoms with van der Waals surface area (Å²) >= 11 is 0. The van der Waals surface area contributed by atoms with Crippen LogP contribution in [0.4, 0.5) is 5.69 Å². The molecule has 2 aromatic carbocycles. The maximum absolute atomic E-state index is 5.56. The van der Waals surface area contributed by atoms with Crippen molar-refractivity contribution in [2.24, 2.45) is 0 Å². The van der Waals surface area contributed by atoms with Gasteiger partial charge in [0, 0.05) is 23.2 Å². The highest BCUT2D eigenvalue weighted by molar-refractivity contribution is 5.81. The first kappa shape index (κ1) is 13.7. The van der Waals surface area contributed by atoms with Crippen LogP contribution in [0.3, 0.4) is 0 Å². The van der Waals surface area contributed by atoms with Gasteiger partial charge in [-0.15, -0.1) is 0 Å². The molecule has 0 spiro atoms. The lowest BCUT2D eigenvalue weighted by Crippen LogP contribution is -1.98. The van der Waals surface area contributed by atoms with E-state index in [0.717, 1.165) is 17.8 Å². The second-order valence-corrected chi connectivity index (χ2v) is 5.41. The fraction of sp³-hybridized carbons (Fsp3) is 0.263. The van der Waals surface area contributed by atoms with Gasteiger partial charge in [0.25, 0.3) is 0 Å². The minimum atomic E-state index is 0.783. The molecule has 0 saturated heterocycles. The average Bonchev–Trinajstić information content (AvgIpc) is 2.95. The van der Waals surface area contributed by atoms with Crippen molar-refractivity contribution in [2.45, 2.75) is 32.7 Å². The third kappa shape index (κ3) is 3.27. The molecule has 0 amide bonds. The number of aryl methyl sites for hydroxylation is 1. The van der Waals surface area contributed by atoms with Gasteiger partial charge in [-0.05, 0) is 36.6 Å². The van der Waals surface area contributed by atoms with Crippen molar-refractivity contribution < 1.29 is 4.42 Å². The fourth-order valence-corrected chi connectivity index (χ4v) is 2.54. The maximum Gasteiger partial charge on any atom is 0.134 e. The zero-order chi connectivity index (χ0) is 14.5. The number of anilines is 1. The van der Waals surface area contributed by atoms with Crippen LogP contribution in [0.15, 0.2) is 59.2 Å². The Morgan fingerprint density at radius 3 is 2.62 bits per heavy atom. The number of hydrogen-bond donors (Lipinski definition) is 1. The van der Waals surface area contributed by atoms with Crippen LogP contribution < -0.4 is 5.32 Å². The molecule has 108 valence electrons. The maximum atomic E-state index is 5.56. The highest BCUT2D eigenvalue weighted by Gasteiger charge is 2.04. The van der Waals surface area contributed by atoms with Crippen LogP contribution >= 0.6 is 0 Å². The Labute approximate surface area is 125 Å². The van der Waals surface area contributed by atoms with Gasteiger partial charge >= 0.3 is 0 Å². The zero-order valence-corrected chi connectivity index (χ0v) is 12.4. The number of hydrogen-bond acceptors (Lipinski definition) is 2. The first-order valence-electron chi connectivity index (χ1n) is 7.64. The predicted molar refractivity (Wildman–Crippen MR) is 88.6 cm³/mol. The van der Waals surface area contributed by atoms with Crippen molar-refractivity contribution >= 4 is 16.7 Å². The number of benzene rings is 2. The van der Waals surface area contributed by atoms with Crippen molar-refractivity contribution in [3.8, 4) is 0 Å². The van der Waals surface area contributed by atoms with Crippen molar-refractivity contribution in [2.75, 3.05) is 5.32 Å². The smallest absolute Gasteiger partial charge is 0.134 e. The minimum absolute atomic E-state index is 0.783. The van der Waals surface area contributed by atoms with E-state index in [4.69, 9.17) is 4.42 Å². The summed E-state index contributed by atoms with van der Waals surface area (Å²) in [7, 11) is 0. The molecule has 2 heteroatoms. The van der Waals surface area contributed by atoms with Gasteiger partial charge in [0.15, 0.2) is 0 Å². The molecule has 21 heavy (non-hydrogen) atoms. The van der Waals surface area contributed by atoms with Gasteiger partial charge in [-0.3, -0.25) is 0 Å². The van der Waals surface area contributed by atoms with Crippen molar-refractivity contribution in [3.05, 3.63) is 65.9 Å². The number of fused-ring (bicyclic) bond motifs is 1. The van der Waals surface area contributed by atoms with E-state index >= 15 is 0 Å². The van der Waals surface area contributed by atoms with Crippen LogP contribution in [-0.2, 0) is 13.0 Å². The monoisotopic (exact) mass is 279 g/mol. The lowest BCUT2D eigenvalue weighted by molar-refractivity contribution is 0.611. The molecule has 0 radical (unpaired) electrons. The highest BCUT2D eigenvalue weighted by atomic mass is 16.3. The van der Waals surface area contributed by atoms with Crippen LogP contribution in [0.25, 0.3) is 11.0 Å². The standard InChI is InChI=1S/C19H21NO/c1-2-3-6-15-9-11-17(12-10-15)20-13-16-14-21-19-8-5-4-7-18(16)19/h4-5,7-12,14,20H,2-3,6,13H2,1H3. The Kier molecular flexibility index (Phi) is 4.25. The minimum Gasteiger partial charge on any atom is -0.464 e. The van der Waals surface area contributed by atoms with Crippen molar-refractivity contribution in [1.29, 1.82) is 0 Å². The molecule has 0 bridgehead atoms. The molecule has 0 saturated carbocycles. The van der Waals surface area contributed by atoms with Gasteiger partial charge < -0.3 is 9.73 Å². The fourth-order valence-electron chi connectivity index (χ4n) is 2.54. The number of para-hydroxylation sites is 1. The van der Waals surface area contributed by atoms with Crippen LogP contribution in [0.1, 0.15) is 30.9 Å². The van der Waals surface area contributed by atoms with E-state index in [-0.39, 0.29) is 0 Å². The Morgan fingerprint density at radius 2 is 1.81 bits per heavy atom. The number of rotatable bonds is 6. The second kappa shape index (κ2) is 6.49. The van der Waals surface area contributed by atoms with E-state index in [2.05, 4.69) is 42.6 Å². The zero-order valence-electron chi connectivity index (χ0n) is 12.4. The summed E-state index contributed by atoms with van der Waals surface area (Å²) < 4.78 is 5.56. The van der Waals surface area contributed by atoms with Gasteiger partial charge in [-0.2, -0.15) is 0 Å². The van der Waals surface area contributed by atoms with E-state index in [9.17, 15) is 0 Å². The molecule has 1 aromatic heterocycles. The topological polar surface area (TPSA) is 25.2 Å². The van der Waals surface area contributed by atoms with E-state index in [0.29, 0.717) is 0 Å². The van der Waals surface area contributed by atoms with Crippen LogP contribution in [0.5, 0.6) is 0 Å². The van der Waals surface area contributed by atoms with Gasteiger partial charge in [-0.1, -0.05) is 43.7 Å². The Bertz CT molecular complexity index is 697. The van der Waals surface area contributed by atoms with Crippen molar-refractivity contribution in [3.63, 3.8) is 0 Å². The molecule has 2 nitrogen and oxygen atoms in total. The van der Waals surface area contributed by atoms with Gasteiger partial charge in [0.05, 0.1) is 6.26 Å². The first-order valence-corrected chi connectivity index (χ1v) is 7.64. The summed E-state index contributed by atoms with van der Waals surface area (Å²) in [5.41, 5.74) is 4.71. The third-order valence-corrected chi connectivity index (χ3v) is 3.82. The number of unbranched alkanes of at least 4 members (excludes halogenated alkanes) is 1. The summed E-state index contributed by atoms with van der Waals surface area (Å²) in [4.78, 5) is 0. The molecule has 1 N–H and O–H groups in total. The molecule has 3 rings (SSSR count). The summed E-state index contributed by atoms with van der Waals surface area (Å²) in [6, 6.07) is 16.9. The van der Waals surface area contributed by atoms with Crippen molar-refractivity contribution in [1.82, 2.24) is 0 Å². The summed E-state index contributed by atoms with van der Waals surface area (Å²) in [5.74, 6) is 0. The largest absolute Gasteiger partial charge is 0.464 e. The molecular formula is C19H21NO. The molecule has 1 heterocycles. The first-order chi connectivity index (χ1) is 10.4. The van der Waals surface area contributed by atoms with Gasteiger partial charge in [-0.25, -0.2) is 0 Å².